The molecular formula is C11H14BrNO5S2. The summed E-state index contributed by atoms with van der Waals surface area (Å²) in [4.78, 5) is 11.7. The number of aliphatic hydroxyl groups excluding tert-OH is 1. The van der Waals surface area contributed by atoms with Crippen molar-refractivity contribution in [3.8, 4) is 0 Å². The third-order valence-corrected chi connectivity index (χ3v) is 7.12. The van der Waals surface area contributed by atoms with Crippen LogP contribution in [0.4, 0.5) is 0 Å². The maximum absolute atomic E-state index is 12.5. The molecule has 0 amide bonds. The fourth-order valence-electron chi connectivity index (χ4n) is 2.01. The van der Waals surface area contributed by atoms with Crippen LogP contribution in [0.25, 0.3) is 0 Å². The average molecular weight is 384 g/mol. The van der Waals surface area contributed by atoms with E-state index in [-0.39, 0.29) is 16.3 Å². The maximum atomic E-state index is 12.5. The van der Waals surface area contributed by atoms with Gasteiger partial charge in [-0.15, -0.1) is 11.3 Å². The summed E-state index contributed by atoms with van der Waals surface area (Å²) in [7, 11) is -2.48. The molecule has 1 fully saturated rings. The Bertz CT molecular complexity index is 612. The molecule has 2 heterocycles. The van der Waals surface area contributed by atoms with Gasteiger partial charge in [0, 0.05) is 13.1 Å². The third-order valence-electron chi connectivity index (χ3n) is 3.02. The number of ether oxygens (including phenoxy) is 1. The zero-order valence-corrected chi connectivity index (χ0v) is 13.9. The summed E-state index contributed by atoms with van der Waals surface area (Å²) in [6.45, 7) is 0.452. The SMILES string of the molecule is COC(=O)c1cc(S(=O)(=O)N2CCCC(O)C2)c(Br)s1. The lowest BCUT2D eigenvalue weighted by Crippen LogP contribution is -2.42. The van der Waals surface area contributed by atoms with Crippen molar-refractivity contribution in [2.45, 2.75) is 23.8 Å². The lowest BCUT2D eigenvalue weighted by molar-refractivity contribution is 0.0606. The van der Waals surface area contributed by atoms with Crippen LogP contribution in [0.2, 0.25) is 0 Å². The summed E-state index contributed by atoms with van der Waals surface area (Å²) in [5, 5.41) is 9.60. The number of piperidine rings is 1. The zero-order chi connectivity index (χ0) is 14.9. The van der Waals surface area contributed by atoms with E-state index in [1.807, 2.05) is 0 Å². The highest BCUT2D eigenvalue weighted by atomic mass is 79.9. The summed E-state index contributed by atoms with van der Waals surface area (Å²) in [5.74, 6) is -0.573. The van der Waals surface area contributed by atoms with Crippen molar-refractivity contribution in [3.05, 3.63) is 14.7 Å². The summed E-state index contributed by atoms with van der Waals surface area (Å²) in [5.41, 5.74) is 0. The molecule has 2 rings (SSSR count). The first kappa shape index (κ1) is 15.9. The molecule has 0 aliphatic carbocycles. The number of methoxy groups -OCH3 is 1. The second-order valence-electron chi connectivity index (χ2n) is 4.40. The monoisotopic (exact) mass is 383 g/mol. The molecule has 0 spiro atoms. The van der Waals surface area contributed by atoms with Crippen LogP contribution >= 0.6 is 27.3 Å². The van der Waals surface area contributed by atoms with E-state index in [4.69, 9.17) is 0 Å². The fraction of sp³-hybridized carbons (Fsp3) is 0.545. The number of β-amino-alcohol motifs (C(OH)–C–C–N with tert-alkyl or cyclic N) is 1. The van der Waals surface area contributed by atoms with Gasteiger partial charge in [-0.2, -0.15) is 4.31 Å². The van der Waals surface area contributed by atoms with Gasteiger partial charge in [0.05, 0.1) is 17.0 Å². The Balaban J connectivity index is 2.34. The van der Waals surface area contributed by atoms with Crippen LogP contribution in [-0.4, -0.2) is 50.1 Å². The number of hydrogen-bond donors (Lipinski definition) is 1. The molecule has 20 heavy (non-hydrogen) atoms. The molecule has 0 aromatic carbocycles. The summed E-state index contributed by atoms with van der Waals surface area (Å²) < 4.78 is 31.2. The van der Waals surface area contributed by atoms with Crippen molar-refractivity contribution in [3.63, 3.8) is 0 Å². The molecule has 1 saturated heterocycles. The van der Waals surface area contributed by atoms with Crippen LogP contribution in [0.1, 0.15) is 22.5 Å². The van der Waals surface area contributed by atoms with E-state index < -0.39 is 22.1 Å². The van der Waals surface area contributed by atoms with E-state index in [0.717, 1.165) is 11.3 Å². The van der Waals surface area contributed by atoms with Crippen molar-refractivity contribution in [1.82, 2.24) is 4.31 Å². The number of aliphatic hydroxyl groups is 1. The summed E-state index contributed by atoms with van der Waals surface area (Å²) in [6, 6.07) is 1.30. The minimum atomic E-state index is -3.72. The highest BCUT2D eigenvalue weighted by Gasteiger charge is 2.32. The van der Waals surface area contributed by atoms with Crippen LogP contribution in [-0.2, 0) is 14.8 Å². The van der Waals surface area contributed by atoms with Gasteiger partial charge in [0.25, 0.3) is 0 Å². The van der Waals surface area contributed by atoms with Crippen molar-refractivity contribution in [1.29, 1.82) is 0 Å². The largest absolute Gasteiger partial charge is 0.465 e. The van der Waals surface area contributed by atoms with Gasteiger partial charge in [-0.25, -0.2) is 13.2 Å². The molecule has 1 aromatic rings. The molecule has 1 aliphatic rings. The number of nitrogens with zero attached hydrogens (tertiary/aromatic N) is 1. The van der Waals surface area contributed by atoms with Gasteiger partial charge in [-0.1, -0.05) is 0 Å². The Morgan fingerprint density at radius 3 is 2.90 bits per heavy atom. The molecule has 0 saturated carbocycles. The highest BCUT2D eigenvalue weighted by Crippen LogP contribution is 2.34. The number of carbonyl (C=O) groups excluding carboxylic acids is 1. The van der Waals surface area contributed by atoms with Crippen molar-refractivity contribution in [2.75, 3.05) is 20.2 Å². The van der Waals surface area contributed by atoms with Crippen molar-refractivity contribution >= 4 is 43.3 Å². The Morgan fingerprint density at radius 2 is 2.30 bits per heavy atom. The summed E-state index contributed by atoms with van der Waals surface area (Å²) in [6.07, 6.45) is 0.576. The first-order valence-electron chi connectivity index (χ1n) is 5.92. The van der Waals surface area contributed by atoms with E-state index in [1.165, 1.54) is 17.5 Å². The smallest absolute Gasteiger partial charge is 0.348 e. The van der Waals surface area contributed by atoms with E-state index in [1.54, 1.807) is 0 Å². The van der Waals surface area contributed by atoms with Gasteiger partial charge in [0.2, 0.25) is 10.0 Å². The third kappa shape index (κ3) is 3.06. The van der Waals surface area contributed by atoms with Gasteiger partial charge in [-0.3, -0.25) is 0 Å². The predicted molar refractivity (Wildman–Crippen MR) is 77.4 cm³/mol. The number of esters is 1. The van der Waals surface area contributed by atoms with Crippen LogP contribution in [0.15, 0.2) is 14.7 Å². The Hall–Kier alpha value is -0.480. The van der Waals surface area contributed by atoms with E-state index in [0.29, 0.717) is 23.2 Å². The number of sulfonamides is 1. The molecule has 1 aliphatic heterocycles. The number of halogens is 1. The van der Waals surface area contributed by atoms with Crippen molar-refractivity contribution < 1.29 is 23.1 Å². The molecule has 1 aromatic heterocycles. The van der Waals surface area contributed by atoms with E-state index >= 15 is 0 Å². The van der Waals surface area contributed by atoms with Crippen LogP contribution in [0, 0.1) is 0 Å². The lowest BCUT2D eigenvalue weighted by atomic mass is 10.1. The standard InChI is InChI=1S/C11H14BrNO5S2/c1-18-11(15)8-5-9(10(12)19-8)20(16,17)13-4-2-3-7(14)6-13/h5,7,14H,2-4,6H2,1H3. The number of rotatable bonds is 3. The van der Waals surface area contributed by atoms with Gasteiger partial charge < -0.3 is 9.84 Å². The van der Waals surface area contributed by atoms with E-state index in [9.17, 15) is 18.3 Å². The first-order chi connectivity index (χ1) is 9.36. The van der Waals surface area contributed by atoms with Gasteiger partial charge in [-0.05, 0) is 34.8 Å². The number of hydrogen-bond acceptors (Lipinski definition) is 6. The second kappa shape index (κ2) is 6.10. The molecule has 0 radical (unpaired) electrons. The first-order valence-corrected chi connectivity index (χ1v) is 8.97. The van der Waals surface area contributed by atoms with Gasteiger partial charge >= 0.3 is 5.97 Å². The molecule has 1 N–H and O–H groups in total. The van der Waals surface area contributed by atoms with Gasteiger partial charge in [0.15, 0.2) is 0 Å². The topological polar surface area (TPSA) is 83.9 Å². The normalized spacial score (nSPS) is 20.9. The fourth-order valence-corrected chi connectivity index (χ4v) is 5.96. The maximum Gasteiger partial charge on any atom is 0.348 e. The van der Waals surface area contributed by atoms with E-state index in [2.05, 4.69) is 20.7 Å². The lowest BCUT2D eigenvalue weighted by Gasteiger charge is -2.28. The molecule has 0 bridgehead atoms. The molecule has 6 nitrogen and oxygen atoms in total. The molecular weight excluding hydrogens is 370 g/mol. The number of carbonyl (C=O) groups is 1. The zero-order valence-electron chi connectivity index (χ0n) is 10.7. The summed E-state index contributed by atoms with van der Waals surface area (Å²) >= 11 is 4.19. The molecule has 112 valence electrons. The van der Waals surface area contributed by atoms with Crippen LogP contribution < -0.4 is 0 Å². The van der Waals surface area contributed by atoms with Crippen LogP contribution in [0.3, 0.4) is 0 Å². The minimum absolute atomic E-state index is 0.0389. The Morgan fingerprint density at radius 1 is 1.60 bits per heavy atom. The van der Waals surface area contributed by atoms with Crippen molar-refractivity contribution in [2.24, 2.45) is 0 Å². The molecule has 9 heteroatoms. The Labute approximate surface area is 129 Å². The van der Waals surface area contributed by atoms with Crippen LogP contribution in [0.5, 0.6) is 0 Å². The van der Waals surface area contributed by atoms with Gasteiger partial charge in [0.1, 0.15) is 9.77 Å². The average Bonchev–Trinajstić information content (AvgIpc) is 2.80. The highest BCUT2D eigenvalue weighted by molar-refractivity contribution is 9.11. The predicted octanol–water partition coefficient (Wildman–Crippen LogP) is 1.44. The molecule has 1 atom stereocenters. The molecule has 1 unspecified atom stereocenters. The second-order valence-corrected chi connectivity index (χ2v) is 8.68. The Kier molecular flexibility index (Phi) is 4.85. The minimum Gasteiger partial charge on any atom is -0.465 e. The quantitative estimate of drug-likeness (QED) is 0.798. The number of thiophene rings is 1.